The minimum Gasteiger partial charge on any atom is -0.404 e. The van der Waals surface area contributed by atoms with E-state index in [9.17, 15) is 9.59 Å². The normalized spacial score (nSPS) is 13.0. The van der Waals surface area contributed by atoms with E-state index in [1.807, 2.05) is 103 Å². The number of methoxy groups -OCH3 is 2. The Morgan fingerprint density at radius 3 is 1.14 bits per heavy atom. The largest absolute Gasteiger partial charge is 0.404 e. The van der Waals surface area contributed by atoms with Crippen LogP contribution < -0.4 is 31.4 Å². The summed E-state index contributed by atoms with van der Waals surface area (Å²) < 4.78 is 36.7. The third-order valence-electron chi connectivity index (χ3n) is 11.3. The van der Waals surface area contributed by atoms with Crippen LogP contribution >= 0.6 is 0 Å². The van der Waals surface area contributed by atoms with Crippen LogP contribution in [0.2, 0.25) is 10.1 Å². The fraction of sp³-hybridized carbons (Fsp3) is 0.365. The SMILES string of the molecule is COCO[C@H](CO[Si](c1ccccc1)(c1ccccc1)C(C)(C)C)C(=O)NCC(CNC(=O)[C@@H](CO[Si](c1ccccc1)(c1ccccc1)C(C)(C)C)OCOC)=NOCc1ccccc1. The van der Waals surface area contributed by atoms with Gasteiger partial charge in [0, 0.05) is 14.2 Å². The number of carbonyl (C=O) groups is 2. The van der Waals surface area contributed by atoms with Gasteiger partial charge in [0.25, 0.3) is 28.4 Å². The van der Waals surface area contributed by atoms with Crippen LogP contribution in [0.4, 0.5) is 0 Å². The molecule has 0 radical (unpaired) electrons. The highest BCUT2D eigenvalue weighted by atomic mass is 28.4. The third-order valence-corrected chi connectivity index (χ3v) is 21.3. The standard InChI is InChI=1S/C52H67N3O9Si2/c1-51(2,3)65(43-26-16-10-17-27-43,44-28-18-11-19-29-44)63-37-47(60-39-58-7)49(56)53-34-42(55-62-36-41-24-14-9-15-25-41)35-54-50(57)48(61-40-59-8)38-64-66(52(4,5)6,45-30-20-12-21-31-45)46-32-22-13-23-33-46/h9-33,47-48H,34-40H2,1-8H3,(H,53,56)(H,54,57)/t47-,48-/m1/s1. The molecule has 5 aromatic carbocycles. The first-order valence-corrected chi connectivity index (χ1v) is 26.1. The average Bonchev–Trinajstić information content (AvgIpc) is 3.32. The molecule has 12 nitrogen and oxygen atoms in total. The van der Waals surface area contributed by atoms with Crippen LogP contribution in [0.1, 0.15) is 47.1 Å². The Morgan fingerprint density at radius 1 is 0.515 bits per heavy atom. The molecule has 66 heavy (non-hydrogen) atoms. The molecular formula is C52H67N3O9Si2. The number of hydrogen-bond donors (Lipinski definition) is 2. The molecule has 5 rings (SSSR count). The maximum absolute atomic E-state index is 14.2. The lowest BCUT2D eigenvalue weighted by molar-refractivity contribution is -0.145. The van der Waals surface area contributed by atoms with Gasteiger partial charge in [-0.1, -0.05) is 198 Å². The number of carbonyl (C=O) groups excluding carboxylic acids is 2. The summed E-state index contributed by atoms with van der Waals surface area (Å²) >= 11 is 0. The third kappa shape index (κ3) is 13.4. The van der Waals surface area contributed by atoms with Gasteiger partial charge in [-0.3, -0.25) is 9.59 Å². The number of ether oxygens (including phenoxy) is 4. The van der Waals surface area contributed by atoms with E-state index in [2.05, 4.69) is 106 Å². The molecule has 2 N–H and O–H groups in total. The number of amides is 2. The highest BCUT2D eigenvalue weighted by Crippen LogP contribution is 2.38. The van der Waals surface area contributed by atoms with Crippen LogP contribution in [0, 0.1) is 0 Å². The monoisotopic (exact) mass is 933 g/mol. The summed E-state index contributed by atoms with van der Waals surface area (Å²) in [6, 6.07) is 50.3. The quantitative estimate of drug-likeness (QED) is 0.0317. The van der Waals surface area contributed by atoms with Crippen molar-refractivity contribution in [3.05, 3.63) is 157 Å². The zero-order chi connectivity index (χ0) is 47.5. The molecule has 0 aliphatic carbocycles. The van der Waals surface area contributed by atoms with Gasteiger partial charge in [0.15, 0.2) is 12.2 Å². The fourth-order valence-electron chi connectivity index (χ4n) is 8.13. The van der Waals surface area contributed by atoms with Crippen LogP contribution in [0.15, 0.2) is 157 Å². The summed E-state index contributed by atoms with van der Waals surface area (Å²) in [5, 5.41) is 13.9. The predicted molar refractivity (Wildman–Crippen MR) is 265 cm³/mol. The first-order chi connectivity index (χ1) is 31.8. The Morgan fingerprint density at radius 2 is 0.833 bits per heavy atom. The number of nitrogens with zero attached hydrogens (tertiary/aromatic N) is 1. The second-order valence-electron chi connectivity index (χ2n) is 17.9. The van der Waals surface area contributed by atoms with Crippen molar-refractivity contribution in [1.29, 1.82) is 0 Å². The highest BCUT2D eigenvalue weighted by molar-refractivity contribution is 7.00. The molecule has 0 aliphatic rings. The Labute approximate surface area is 393 Å². The Hall–Kier alpha value is -5.30. The average molecular weight is 934 g/mol. The Balaban J connectivity index is 1.37. The molecule has 0 heterocycles. The van der Waals surface area contributed by atoms with Gasteiger partial charge in [0.1, 0.15) is 20.2 Å². The molecule has 0 aromatic heterocycles. The van der Waals surface area contributed by atoms with Gasteiger partial charge in [0.2, 0.25) is 0 Å². The summed E-state index contributed by atoms with van der Waals surface area (Å²) in [5.41, 5.74) is 1.24. The number of hydrogen-bond acceptors (Lipinski definition) is 10. The van der Waals surface area contributed by atoms with Crippen molar-refractivity contribution < 1.29 is 42.2 Å². The number of nitrogens with one attached hydrogen (secondary N) is 2. The van der Waals surface area contributed by atoms with Crippen molar-refractivity contribution in [3.63, 3.8) is 0 Å². The number of benzene rings is 5. The summed E-state index contributed by atoms with van der Waals surface area (Å²) in [5.74, 6) is -0.904. The molecule has 0 saturated heterocycles. The van der Waals surface area contributed by atoms with Crippen molar-refractivity contribution in [2.24, 2.45) is 5.16 Å². The van der Waals surface area contributed by atoms with Gasteiger partial charge >= 0.3 is 0 Å². The van der Waals surface area contributed by atoms with E-state index < -0.39 is 40.7 Å². The van der Waals surface area contributed by atoms with Crippen molar-refractivity contribution in [2.75, 3.05) is 54.1 Å². The number of oxime groups is 1. The van der Waals surface area contributed by atoms with E-state index in [1.165, 1.54) is 14.2 Å². The van der Waals surface area contributed by atoms with Crippen molar-refractivity contribution >= 4 is 54.9 Å². The molecule has 352 valence electrons. The molecular weight excluding hydrogens is 867 g/mol. The maximum atomic E-state index is 14.2. The molecule has 5 aromatic rings. The van der Waals surface area contributed by atoms with E-state index >= 15 is 0 Å². The molecule has 0 fully saturated rings. The fourth-order valence-corrected chi connectivity index (χ4v) is 17.2. The van der Waals surface area contributed by atoms with Crippen molar-refractivity contribution in [3.8, 4) is 0 Å². The van der Waals surface area contributed by atoms with Gasteiger partial charge in [-0.2, -0.15) is 0 Å². The van der Waals surface area contributed by atoms with Gasteiger partial charge < -0.3 is 43.3 Å². The molecule has 0 spiro atoms. The van der Waals surface area contributed by atoms with E-state index in [1.54, 1.807) is 0 Å². The summed E-state index contributed by atoms with van der Waals surface area (Å²) in [6.07, 6.45) is -2.11. The molecule has 2 amide bonds. The van der Waals surface area contributed by atoms with Gasteiger partial charge in [0.05, 0.1) is 32.0 Å². The molecule has 0 unspecified atom stereocenters. The first-order valence-electron chi connectivity index (χ1n) is 22.2. The predicted octanol–water partition coefficient (Wildman–Crippen LogP) is 5.92. The summed E-state index contributed by atoms with van der Waals surface area (Å²) in [7, 11) is -3.06. The van der Waals surface area contributed by atoms with Gasteiger partial charge in [-0.15, -0.1) is 0 Å². The zero-order valence-electron chi connectivity index (χ0n) is 39.7. The minimum absolute atomic E-state index is 0.0555. The van der Waals surface area contributed by atoms with Crippen LogP contribution in [0.3, 0.4) is 0 Å². The van der Waals surface area contributed by atoms with E-state index in [0.717, 1.165) is 26.3 Å². The Bertz CT molecular complexity index is 2010. The molecule has 2 atom stereocenters. The van der Waals surface area contributed by atoms with Gasteiger partial charge in [-0.05, 0) is 36.4 Å². The highest BCUT2D eigenvalue weighted by Gasteiger charge is 2.52. The Kier molecular flexibility index (Phi) is 19.6. The molecule has 0 aliphatic heterocycles. The van der Waals surface area contributed by atoms with Crippen molar-refractivity contribution in [1.82, 2.24) is 10.6 Å². The maximum Gasteiger partial charge on any atom is 0.261 e. The van der Waals surface area contributed by atoms with E-state index in [4.69, 9.17) is 32.6 Å². The summed E-state index contributed by atoms with van der Waals surface area (Å²) in [6.45, 7) is 12.6. The second-order valence-corrected chi connectivity index (χ2v) is 26.5. The van der Waals surface area contributed by atoms with Crippen LogP contribution in [0.5, 0.6) is 0 Å². The lowest BCUT2D eigenvalue weighted by Crippen LogP contribution is -2.67. The van der Waals surface area contributed by atoms with Crippen LogP contribution in [0.25, 0.3) is 0 Å². The molecule has 0 bridgehead atoms. The van der Waals surface area contributed by atoms with Crippen LogP contribution in [-0.2, 0) is 48.8 Å². The van der Waals surface area contributed by atoms with Gasteiger partial charge in [-0.25, -0.2) is 0 Å². The minimum atomic E-state index is -3.03. The first kappa shape index (κ1) is 51.7. The lowest BCUT2D eigenvalue weighted by atomic mass is 10.2. The summed E-state index contributed by atoms with van der Waals surface area (Å²) in [4.78, 5) is 34.1. The van der Waals surface area contributed by atoms with Crippen LogP contribution in [-0.4, -0.2) is 100 Å². The second kappa shape index (κ2) is 25.0. The van der Waals surface area contributed by atoms with Crippen molar-refractivity contribution in [2.45, 2.75) is 70.4 Å². The van der Waals surface area contributed by atoms with E-state index in [0.29, 0.717) is 5.71 Å². The smallest absolute Gasteiger partial charge is 0.261 e. The zero-order valence-corrected chi connectivity index (χ0v) is 41.7. The topological polar surface area (TPSA) is 135 Å². The molecule has 14 heteroatoms. The number of rotatable bonds is 25. The molecule has 0 saturated carbocycles. The van der Waals surface area contributed by atoms with E-state index in [-0.39, 0.29) is 56.6 Å². The lowest BCUT2D eigenvalue weighted by Gasteiger charge is -2.43.